The summed E-state index contributed by atoms with van der Waals surface area (Å²) in [5.74, 6) is 0.594. The minimum atomic E-state index is 0.0424. The summed E-state index contributed by atoms with van der Waals surface area (Å²) in [6.07, 6.45) is 0. The maximum atomic E-state index is 11.8. The number of nitrogens with two attached hydrogens (primary N) is 1. The maximum absolute atomic E-state index is 11.8. The Morgan fingerprint density at radius 1 is 1.60 bits per heavy atom. The molecular weight excluding hydrogens is 192 g/mol. The number of hydrogen-bond donors (Lipinski definition) is 1. The molecule has 15 heavy (non-hydrogen) atoms. The number of benzene rings is 1. The van der Waals surface area contributed by atoms with E-state index in [1.165, 1.54) is 0 Å². The smallest absolute Gasteiger partial charge is 0.254 e. The van der Waals surface area contributed by atoms with Crippen molar-refractivity contribution in [2.75, 3.05) is 19.4 Å². The van der Waals surface area contributed by atoms with E-state index in [9.17, 15) is 4.79 Å². The van der Waals surface area contributed by atoms with Crippen LogP contribution in [0.5, 0.6) is 5.75 Å². The van der Waals surface area contributed by atoms with Crippen molar-refractivity contribution < 1.29 is 9.53 Å². The molecule has 2 N–H and O–H groups in total. The minimum Gasteiger partial charge on any atom is -0.495 e. The Hall–Kier alpha value is -1.71. The second kappa shape index (κ2) is 3.46. The van der Waals surface area contributed by atoms with Crippen molar-refractivity contribution >= 4 is 11.6 Å². The summed E-state index contributed by atoms with van der Waals surface area (Å²) < 4.78 is 5.07. The fourth-order valence-corrected chi connectivity index (χ4v) is 1.53. The number of nitrogen functional groups attached to an aromatic ring is 1. The van der Waals surface area contributed by atoms with Crippen LogP contribution in [0.15, 0.2) is 18.2 Å². The van der Waals surface area contributed by atoms with Crippen LogP contribution in [0.4, 0.5) is 5.69 Å². The molecule has 1 saturated heterocycles. The van der Waals surface area contributed by atoms with Gasteiger partial charge in [-0.1, -0.05) is 0 Å². The summed E-state index contributed by atoms with van der Waals surface area (Å²) in [4.78, 5) is 13.6. The van der Waals surface area contributed by atoms with Crippen molar-refractivity contribution in [3.05, 3.63) is 23.8 Å². The Kier molecular flexibility index (Phi) is 2.26. The van der Waals surface area contributed by atoms with Gasteiger partial charge in [0.05, 0.1) is 12.8 Å². The average Bonchev–Trinajstić information content (AvgIpc) is 2.95. The first-order valence-corrected chi connectivity index (χ1v) is 4.88. The van der Waals surface area contributed by atoms with Gasteiger partial charge in [-0.05, 0) is 25.1 Å². The van der Waals surface area contributed by atoms with Crippen molar-refractivity contribution in [3.8, 4) is 5.75 Å². The summed E-state index contributed by atoms with van der Waals surface area (Å²) in [5.41, 5.74) is 6.85. The van der Waals surface area contributed by atoms with Gasteiger partial charge in [-0.25, -0.2) is 0 Å². The molecule has 1 aliphatic rings. The number of hydrogen-bond acceptors (Lipinski definition) is 3. The highest BCUT2D eigenvalue weighted by atomic mass is 16.5. The second-order valence-electron chi connectivity index (χ2n) is 3.76. The van der Waals surface area contributed by atoms with E-state index in [1.54, 1.807) is 30.2 Å². The van der Waals surface area contributed by atoms with Crippen molar-refractivity contribution in [1.29, 1.82) is 0 Å². The van der Waals surface area contributed by atoms with E-state index in [2.05, 4.69) is 0 Å². The SMILES string of the molecule is COc1cc(C(=O)N2C[C@H]2C)ccc1N. The van der Waals surface area contributed by atoms with Crippen LogP contribution in [-0.2, 0) is 0 Å². The Bertz CT molecular complexity index is 404. The van der Waals surface area contributed by atoms with Crippen LogP contribution in [-0.4, -0.2) is 30.5 Å². The lowest BCUT2D eigenvalue weighted by Gasteiger charge is -2.07. The molecule has 1 fully saturated rings. The van der Waals surface area contributed by atoms with E-state index in [-0.39, 0.29) is 5.91 Å². The Balaban J connectivity index is 2.25. The first-order valence-electron chi connectivity index (χ1n) is 4.88. The zero-order valence-corrected chi connectivity index (χ0v) is 8.86. The summed E-state index contributed by atoms with van der Waals surface area (Å²) in [6.45, 7) is 2.86. The molecule has 0 aliphatic carbocycles. The molecule has 0 spiro atoms. The largest absolute Gasteiger partial charge is 0.495 e. The van der Waals surface area contributed by atoms with E-state index >= 15 is 0 Å². The third-order valence-electron chi connectivity index (χ3n) is 2.60. The van der Waals surface area contributed by atoms with E-state index < -0.39 is 0 Å². The van der Waals surface area contributed by atoms with Gasteiger partial charge in [0.2, 0.25) is 0 Å². The molecule has 4 heteroatoms. The van der Waals surface area contributed by atoms with Crippen LogP contribution < -0.4 is 10.5 Å². The molecule has 1 aliphatic heterocycles. The zero-order chi connectivity index (χ0) is 11.0. The second-order valence-corrected chi connectivity index (χ2v) is 3.76. The minimum absolute atomic E-state index is 0.0424. The normalized spacial score (nSPS) is 18.8. The van der Waals surface area contributed by atoms with Gasteiger partial charge in [0.25, 0.3) is 5.91 Å². The van der Waals surface area contributed by atoms with E-state index in [0.29, 0.717) is 23.0 Å². The van der Waals surface area contributed by atoms with Gasteiger partial charge in [-0.3, -0.25) is 4.79 Å². The lowest BCUT2D eigenvalue weighted by molar-refractivity contribution is 0.0876. The number of ether oxygens (including phenoxy) is 1. The van der Waals surface area contributed by atoms with Crippen molar-refractivity contribution in [2.45, 2.75) is 13.0 Å². The molecule has 4 nitrogen and oxygen atoms in total. The molecule has 1 amide bonds. The third kappa shape index (κ3) is 1.75. The Labute approximate surface area is 88.6 Å². The predicted octanol–water partition coefficient (Wildman–Crippen LogP) is 1.12. The standard InChI is InChI=1S/C11H14N2O2/c1-7-6-13(7)11(14)8-3-4-9(12)10(5-8)15-2/h3-5,7H,6,12H2,1-2H3/t7-,13?/m1/s1. The predicted molar refractivity (Wildman–Crippen MR) is 57.9 cm³/mol. The highest BCUT2D eigenvalue weighted by Gasteiger charge is 2.34. The topological polar surface area (TPSA) is 55.3 Å². The van der Waals surface area contributed by atoms with Crippen LogP contribution in [0.3, 0.4) is 0 Å². The van der Waals surface area contributed by atoms with Gasteiger partial charge in [0.1, 0.15) is 5.75 Å². The molecule has 2 rings (SSSR count). The van der Waals surface area contributed by atoms with E-state index in [4.69, 9.17) is 10.5 Å². The molecule has 1 heterocycles. The van der Waals surface area contributed by atoms with Gasteiger partial charge in [-0.15, -0.1) is 0 Å². The molecule has 1 aromatic rings. The fourth-order valence-electron chi connectivity index (χ4n) is 1.53. The van der Waals surface area contributed by atoms with Gasteiger partial charge >= 0.3 is 0 Å². The van der Waals surface area contributed by atoms with Crippen molar-refractivity contribution in [3.63, 3.8) is 0 Å². The zero-order valence-electron chi connectivity index (χ0n) is 8.86. The maximum Gasteiger partial charge on any atom is 0.254 e. The molecular formula is C11H14N2O2. The molecule has 0 saturated carbocycles. The van der Waals surface area contributed by atoms with Crippen LogP contribution in [0.25, 0.3) is 0 Å². The van der Waals surface area contributed by atoms with Crippen LogP contribution >= 0.6 is 0 Å². The summed E-state index contributed by atoms with van der Waals surface area (Å²) >= 11 is 0. The van der Waals surface area contributed by atoms with Crippen LogP contribution in [0.1, 0.15) is 17.3 Å². The van der Waals surface area contributed by atoms with Crippen molar-refractivity contribution in [2.24, 2.45) is 0 Å². The number of nitrogens with zero attached hydrogens (tertiary/aromatic N) is 1. The average molecular weight is 206 g/mol. The molecule has 1 aromatic carbocycles. The van der Waals surface area contributed by atoms with Gasteiger partial charge in [-0.2, -0.15) is 0 Å². The summed E-state index contributed by atoms with van der Waals surface area (Å²) in [7, 11) is 1.54. The Morgan fingerprint density at radius 3 is 2.80 bits per heavy atom. The number of carbonyl (C=O) groups excluding carboxylic acids is 1. The molecule has 0 radical (unpaired) electrons. The first kappa shape index (κ1) is 9.83. The number of methoxy groups -OCH3 is 1. The number of amides is 1. The molecule has 0 bridgehead atoms. The summed E-state index contributed by atoms with van der Waals surface area (Å²) in [5, 5.41) is 0. The molecule has 80 valence electrons. The highest BCUT2D eigenvalue weighted by Crippen LogP contribution is 2.26. The Morgan fingerprint density at radius 2 is 2.27 bits per heavy atom. The molecule has 0 aromatic heterocycles. The molecule has 0 unspecified atom stereocenters. The van der Waals surface area contributed by atoms with E-state index in [1.807, 2.05) is 6.92 Å². The molecule has 1 atom stereocenters. The van der Waals surface area contributed by atoms with Gasteiger partial charge < -0.3 is 15.4 Å². The lowest BCUT2D eigenvalue weighted by atomic mass is 10.2. The number of rotatable bonds is 2. The highest BCUT2D eigenvalue weighted by molar-refractivity contribution is 5.96. The lowest BCUT2D eigenvalue weighted by Crippen LogP contribution is -2.12. The van der Waals surface area contributed by atoms with Crippen LogP contribution in [0, 0.1) is 0 Å². The van der Waals surface area contributed by atoms with Gasteiger partial charge in [0, 0.05) is 18.2 Å². The monoisotopic (exact) mass is 206 g/mol. The first-order chi connectivity index (χ1) is 7.13. The van der Waals surface area contributed by atoms with Gasteiger partial charge in [0.15, 0.2) is 0 Å². The van der Waals surface area contributed by atoms with Crippen molar-refractivity contribution in [1.82, 2.24) is 4.90 Å². The van der Waals surface area contributed by atoms with E-state index in [0.717, 1.165) is 6.54 Å². The van der Waals surface area contributed by atoms with Crippen LogP contribution in [0.2, 0.25) is 0 Å². The fraction of sp³-hybridized carbons (Fsp3) is 0.364. The quantitative estimate of drug-likeness (QED) is 0.582. The number of anilines is 1. The number of carbonyl (C=O) groups is 1. The summed E-state index contributed by atoms with van der Waals surface area (Å²) in [6, 6.07) is 5.47. The third-order valence-corrected chi connectivity index (χ3v) is 2.60.